The minimum absolute atomic E-state index is 0.0225. The number of nitrogens with zero attached hydrogens (tertiary/aromatic N) is 1. The lowest BCUT2D eigenvalue weighted by Gasteiger charge is -2.34. The van der Waals surface area contributed by atoms with Crippen molar-refractivity contribution in [2.24, 2.45) is 0 Å². The predicted molar refractivity (Wildman–Crippen MR) is 80.8 cm³/mol. The average Bonchev–Trinajstić information content (AvgIpc) is 2.85. The molecule has 4 heteroatoms. The van der Waals surface area contributed by atoms with Gasteiger partial charge in [-0.25, -0.2) is 0 Å². The Kier molecular flexibility index (Phi) is 3.47. The monoisotopic (exact) mass is 286 g/mol. The highest BCUT2D eigenvalue weighted by Crippen LogP contribution is 2.28. The van der Waals surface area contributed by atoms with Crippen LogP contribution in [0.3, 0.4) is 0 Å². The first-order valence-electron chi connectivity index (χ1n) is 7.72. The van der Waals surface area contributed by atoms with Crippen LogP contribution < -0.4 is 5.32 Å². The van der Waals surface area contributed by atoms with Crippen molar-refractivity contribution in [1.82, 2.24) is 10.2 Å². The van der Waals surface area contributed by atoms with Crippen molar-refractivity contribution in [1.29, 1.82) is 0 Å². The molecule has 0 bridgehead atoms. The van der Waals surface area contributed by atoms with E-state index in [0.717, 1.165) is 12.8 Å². The number of fused-ring (bicyclic) bond motifs is 1. The summed E-state index contributed by atoms with van der Waals surface area (Å²) in [6.45, 7) is 4.32. The first-order chi connectivity index (χ1) is 10.0. The molecule has 3 rings (SSSR count). The molecule has 1 fully saturated rings. The Labute approximate surface area is 125 Å². The van der Waals surface area contributed by atoms with Crippen molar-refractivity contribution in [2.75, 3.05) is 6.54 Å². The topological polar surface area (TPSA) is 49.4 Å². The van der Waals surface area contributed by atoms with E-state index in [0.29, 0.717) is 19.4 Å². The minimum Gasteiger partial charge on any atom is -0.342 e. The van der Waals surface area contributed by atoms with E-state index in [1.165, 1.54) is 11.1 Å². The van der Waals surface area contributed by atoms with E-state index >= 15 is 0 Å². The van der Waals surface area contributed by atoms with Crippen LogP contribution >= 0.6 is 0 Å². The molecular weight excluding hydrogens is 264 g/mol. The van der Waals surface area contributed by atoms with E-state index in [2.05, 4.69) is 17.4 Å². The lowest BCUT2D eigenvalue weighted by atomic mass is 9.96. The third-order valence-corrected chi connectivity index (χ3v) is 4.91. The van der Waals surface area contributed by atoms with Gasteiger partial charge in [-0.3, -0.25) is 9.59 Å². The van der Waals surface area contributed by atoms with Gasteiger partial charge in [0.15, 0.2) is 0 Å². The van der Waals surface area contributed by atoms with Crippen LogP contribution in [0.1, 0.15) is 37.8 Å². The predicted octanol–water partition coefficient (Wildman–Crippen LogP) is 1.67. The van der Waals surface area contributed by atoms with Crippen LogP contribution in [0.25, 0.3) is 0 Å². The van der Waals surface area contributed by atoms with Crippen LogP contribution in [-0.2, 0) is 22.4 Å². The number of hydrogen-bond acceptors (Lipinski definition) is 2. The molecule has 1 aromatic carbocycles. The molecule has 1 atom stereocenters. The Morgan fingerprint density at radius 2 is 1.86 bits per heavy atom. The van der Waals surface area contributed by atoms with Crippen molar-refractivity contribution < 1.29 is 9.59 Å². The van der Waals surface area contributed by atoms with Gasteiger partial charge in [0.2, 0.25) is 11.8 Å². The number of amides is 2. The summed E-state index contributed by atoms with van der Waals surface area (Å²) >= 11 is 0. The minimum atomic E-state index is -0.762. The molecule has 1 N–H and O–H groups in total. The maximum atomic E-state index is 12.9. The summed E-state index contributed by atoms with van der Waals surface area (Å²) in [5.41, 5.74) is 1.90. The average molecular weight is 286 g/mol. The van der Waals surface area contributed by atoms with E-state index in [9.17, 15) is 9.59 Å². The Hall–Kier alpha value is -1.84. The second kappa shape index (κ2) is 5.17. The second-order valence-electron chi connectivity index (χ2n) is 6.31. The van der Waals surface area contributed by atoms with Crippen LogP contribution in [0.2, 0.25) is 0 Å². The van der Waals surface area contributed by atoms with Crippen LogP contribution in [-0.4, -0.2) is 34.8 Å². The van der Waals surface area contributed by atoms with Gasteiger partial charge in [-0.1, -0.05) is 31.2 Å². The molecule has 2 aliphatic rings. The van der Waals surface area contributed by atoms with Gasteiger partial charge in [-0.15, -0.1) is 0 Å². The lowest BCUT2D eigenvalue weighted by molar-refractivity contribution is -0.140. The SMILES string of the molecule is CCC1(C)NC(=O)CCN(C2Cc3ccccc3C2)C1=O. The highest BCUT2D eigenvalue weighted by molar-refractivity contribution is 5.93. The second-order valence-corrected chi connectivity index (χ2v) is 6.31. The van der Waals surface area contributed by atoms with Gasteiger partial charge >= 0.3 is 0 Å². The summed E-state index contributed by atoms with van der Waals surface area (Å²) in [6, 6.07) is 8.56. The Morgan fingerprint density at radius 1 is 1.24 bits per heavy atom. The van der Waals surface area contributed by atoms with Crippen molar-refractivity contribution in [3.63, 3.8) is 0 Å². The Balaban J connectivity index is 1.85. The standard InChI is InChI=1S/C17H22N2O2/c1-3-17(2)16(21)19(9-8-15(20)18-17)14-10-12-6-4-5-7-13(12)11-14/h4-7,14H,3,8-11H2,1-2H3,(H,18,20). The molecule has 0 aromatic heterocycles. The molecule has 0 radical (unpaired) electrons. The van der Waals surface area contributed by atoms with Gasteiger partial charge in [0.1, 0.15) is 5.54 Å². The Bertz CT molecular complexity index is 559. The first kappa shape index (κ1) is 14.1. The molecular formula is C17H22N2O2. The van der Waals surface area contributed by atoms with Crippen molar-refractivity contribution in [2.45, 2.75) is 51.1 Å². The van der Waals surface area contributed by atoms with E-state index in [-0.39, 0.29) is 17.9 Å². The summed E-state index contributed by atoms with van der Waals surface area (Å²) in [7, 11) is 0. The van der Waals surface area contributed by atoms with Crippen molar-refractivity contribution >= 4 is 11.8 Å². The third-order valence-electron chi connectivity index (χ3n) is 4.91. The number of carbonyl (C=O) groups is 2. The molecule has 1 aliphatic carbocycles. The van der Waals surface area contributed by atoms with Gasteiger partial charge in [-0.05, 0) is 37.3 Å². The molecule has 2 amide bonds. The highest BCUT2D eigenvalue weighted by Gasteiger charge is 2.42. The zero-order valence-electron chi connectivity index (χ0n) is 12.7. The molecule has 4 nitrogen and oxygen atoms in total. The number of rotatable bonds is 2. The molecule has 1 aliphatic heterocycles. The molecule has 0 spiro atoms. The maximum absolute atomic E-state index is 12.9. The smallest absolute Gasteiger partial charge is 0.248 e. The van der Waals surface area contributed by atoms with E-state index in [4.69, 9.17) is 0 Å². The van der Waals surface area contributed by atoms with Gasteiger partial charge in [-0.2, -0.15) is 0 Å². The molecule has 0 saturated carbocycles. The van der Waals surface area contributed by atoms with Crippen LogP contribution in [0.4, 0.5) is 0 Å². The zero-order chi connectivity index (χ0) is 15.0. The first-order valence-corrected chi connectivity index (χ1v) is 7.72. The fraction of sp³-hybridized carbons (Fsp3) is 0.529. The fourth-order valence-corrected chi connectivity index (χ4v) is 3.41. The maximum Gasteiger partial charge on any atom is 0.248 e. The van der Waals surface area contributed by atoms with Crippen LogP contribution in [0, 0.1) is 0 Å². The molecule has 1 saturated heterocycles. The van der Waals surface area contributed by atoms with E-state index in [1.807, 2.05) is 30.9 Å². The quantitative estimate of drug-likeness (QED) is 0.899. The molecule has 1 heterocycles. The van der Waals surface area contributed by atoms with Gasteiger partial charge < -0.3 is 10.2 Å². The van der Waals surface area contributed by atoms with Crippen LogP contribution in [0.5, 0.6) is 0 Å². The van der Waals surface area contributed by atoms with E-state index < -0.39 is 5.54 Å². The summed E-state index contributed by atoms with van der Waals surface area (Å²) < 4.78 is 0. The van der Waals surface area contributed by atoms with Crippen molar-refractivity contribution in [3.8, 4) is 0 Å². The third kappa shape index (κ3) is 2.43. The number of carbonyl (C=O) groups excluding carboxylic acids is 2. The van der Waals surface area contributed by atoms with E-state index in [1.54, 1.807) is 0 Å². The van der Waals surface area contributed by atoms with Crippen LogP contribution in [0.15, 0.2) is 24.3 Å². The number of benzene rings is 1. The normalized spacial score (nSPS) is 26.5. The molecule has 1 aromatic rings. The molecule has 21 heavy (non-hydrogen) atoms. The Morgan fingerprint density at radius 3 is 2.43 bits per heavy atom. The summed E-state index contributed by atoms with van der Waals surface area (Å²) in [4.78, 5) is 26.7. The summed E-state index contributed by atoms with van der Waals surface area (Å²) in [6.07, 6.45) is 2.81. The molecule has 112 valence electrons. The highest BCUT2D eigenvalue weighted by atomic mass is 16.2. The summed E-state index contributed by atoms with van der Waals surface area (Å²) in [5, 5.41) is 2.90. The van der Waals surface area contributed by atoms with Gasteiger partial charge in [0.05, 0.1) is 0 Å². The van der Waals surface area contributed by atoms with Crippen molar-refractivity contribution in [3.05, 3.63) is 35.4 Å². The summed E-state index contributed by atoms with van der Waals surface area (Å²) in [5.74, 6) is 0.0411. The fourth-order valence-electron chi connectivity index (χ4n) is 3.41. The largest absolute Gasteiger partial charge is 0.342 e. The van der Waals surface area contributed by atoms with Gasteiger partial charge in [0, 0.05) is 19.0 Å². The number of hydrogen-bond donors (Lipinski definition) is 1. The zero-order valence-corrected chi connectivity index (χ0v) is 12.7. The van der Waals surface area contributed by atoms with Gasteiger partial charge in [0.25, 0.3) is 0 Å². The number of nitrogens with one attached hydrogen (secondary N) is 1. The lowest BCUT2D eigenvalue weighted by Crippen LogP contribution is -2.56. The molecule has 1 unspecified atom stereocenters.